The number of benzene rings is 2. The van der Waals surface area contributed by atoms with E-state index in [0.29, 0.717) is 11.9 Å². The first kappa shape index (κ1) is 18.9. The summed E-state index contributed by atoms with van der Waals surface area (Å²) in [6, 6.07) is 14.9. The van der Waals surface area contributed by atoms with Gasteiger partial charge in [0.1, 0.15) is 12.0 Å². The molecule has 0 aliphatic carbocycles. The fraction of sp³-hybridized carbons (Fsp3) is 0.333. The molecular weight excluding hydrogens is 376 g/mol. The molecule has 6 nitrogen and oxygen atoms in total. The Morgan fingerprint density at radius 1 is 1.13 bits per heavy atom. The number of methoxy groups -OCH3 is 1. The maximum absolute atomic E-state index is 5.76. The first-order chi connectivity index (χ1) is 14.7. The molecule has 0 unspecified atom stereocenters. The van der Waals surface area contributed by atoms with Crippen molar-refractivity contribution in [3.05, 3.63) is 66.3 Å². The van der Waals surface area contributed by atoms with E-state index in [1.165, 1.54) is 18.4 Å². The fourth-order valence-corrected chi connectivity index (χ4v) is 4.19. The van der Waals surface area contributed by atoms with Crippen molar-refractivity contribution < 1.29 is 9.15 Å². The van der Waals surface area contributed by atoms with Crippen molar-refractivity contribution in [3.63, 3.8) is 0 Å². The van der Waals surface area contributed by atoms with Crippen LogP contribution in [0.5, 0.6) is 5.75 Å². The minimum atomic E-state index is 0.628. The van der Waals surface area contributed by atoms with Crippen LogP contribution in [-0.4, -0.2) is 39.1 Å². The molecule has 4 aromatic rings. The summed E-state index contributed by atoms with van der Waals surface area (Å²) in [6.45, 7) is 5.03. The SMILES string of the molecule is COc1ccc2ncn(Cc3ccc(-c4nc(CN5CCC[C@@H]5C)co4)cc3)c2c1. The highest BCUT2D eigenvalue weighted by atomic mass is 16.5. The van der Waals surface area contributed by atoms with E-state index in [-0.39, 0.29) is 0 Å². The molecule has 0 spiro atoms. The van der Waals surface area contributed by atoms with Crippen LogP contribution >= 0.6 is 0 Å². The number of rotatable bonds is 6. The monoisotopic (exact) mass is 402 g/mol. The summed E-state index contributed by atoms with van der Waals surface area (Å²) in [4.78, 5) is 11.7. The molecule has 1 atom stereocenters. The third-order valence-corrected chi connectivity index (χ3v) is 5.99. The summed E-state index contributed by atoms with van der Waals surface area (Å²) in [5.74, 6) is 1.52. The number of hydrogen-bond donors (Lipinski definition) is 0. The Morgan fingerprint density at radius 3 is 2.77 bits per heavy atom. The van der Waals surface area contributed by atoms with Crippen LogP contribution in [0.4, 0.5) is 0 Å². The van der Waals surface area contributed by atoms with E-state index >= 15 is 0 Å². The Hall–Kier alpha value is -3.12. The quantitative estimate of drug-likeness (QED) is 0.467. The lowest BCUT2D eigenvalue weighted by atomic mass is 10.1. The van der Waals surface area contributed by atoms with Gasteiger partial charge in [-0.15, -0.1) is 0 Å². The van der Waals surface area contributed by atoms with E-state index in [9.17, 15) is 0 Å². The van der Waals surface area contributed by atoms with Crippen LogP contribution in [0.25, 0.3) is 22.5 Å². The maximum Gasteiger partial charge on any atom is 0.226 e. The fourth-order valence-electron chi connectivity index (χ4n) is 4.19. The highest BCUT2D eigenvalue weighted by molar-refractivity contribution is 5.77. The second kappa shape index (κ2) is 7.95. The van der Waals surface area contributed by atoms with Crippen molar-refractivity contribution in [1.82, 2.24) is 19.4 Å². The third-order valence-electron chi connectivity index (χ3n) is 5.99. The van der Waals surface area contributed by atoms with Gasteiger partial charge in [-0.3, -0.25) is 4.90 Å². The van der Waals surface area contributed by atoms with Gasteiger partial charge in [-0.05, 0) is 56.1 Å². The number of hydrogen-bond acceptors (Lipinski definition) is 5. The van der Waals surface area contributed by atoms with Crippen LogP contribution in [0.15, 0.2) is 59.5 Å². The molecule has 1 fully saturated rings. The van der Waals surface area contributed by atoms with Gasteiger partial charge >= 0.3 is 0 Å². The molecule has 30 heavy (non-hydrogen) atoms. The Kier molecular flexibility index (Phi) is 5.01. The first-order valence-electron chi connectivity index (χ1n) is 10.5. The van der Waals surface area contributed by atoms with Crippen LogP contribution in [0, 0.1) is 0 Å². The van der Waals surface area contributed by atoms with Gasteiger partial charge in [-0.25, -0.2) is 9.97 Å². The van der Waals surface area contributed by atoms with Crippen LogP contribution in [0.3, 0.4) is 0 Å². The predicted molar refractivity (Wildman–Crippen MR) is 116 cm³/mol. The van der Waals surface area contributed by atoms with Gasteiger partial charge in [0.05, 0.1) is 30.2 Å². The molecule has 2 aromatic heterocycles. The van der Waals surface area contributed by atoms with E-state index in [1.807, 2.05) is 24.5 Å². The minimum Gasteiger partial charge on any atom is -0.497 e. The molecule has 0 bridgehead atoms. The largest absolute Gasteiger partial charge is 0.497 e. The maximum atomic E-state index is 5.76. The highest BCUT2D eigenvalue weighted by Gasteiger charge is 2.21. The molecule has 0 saturated carbocycles. The van der Waals surface area contributed by atoms with E-state index in [4.69, 9.17) is 14.1 Å². The van der Waals surface area contributed by atoms with Crippen molar-refractivity contribution in [2.75, 3.05) is 13.7 Å². The first-order valence-corrected chi connectivity index (χ1v) is 10.5. The number of fused-ring (bicyclic) bond motifs is 1. The lowest BCUT2D eigenvalue weighted by Crippen LogP contribution is -2.26. The summed E-state index contributed by atoms with van der Waals surface area (Å²) in [7, 11) is 1.68. The third kappa shape index (κ3) is 3.71. The van der Waals surface area contributed by atoms with Crippen molar-refractivity contribution in [1.29, 1.82) is 0 Å². The van der Waals surface area contributed by atoms with E-state index in [0.717, 1.165) is 47.7 Å². The molecule has 2 aromatic carbocycles. The lowest BCUT2D eigenvalue weighted by Gasteiger charge is -2.18. The van der Waals surface area contributed by atoms with E-state index < -0.39 is 0 Å². The molecule has 6 heteroatoms. The molecule has 0 amide bonds. The second-order valence-corrected chi connectivity index (χ2v) is 8.03. The van der Waals surface area contributed by atoms with E-state index in [1.54, 1.807) is 13.4 Å². The van der Waals surface area contributed by atoms with Gasteiger partial charge in [-0.2, -0.15) is 0 Å². The van der Waals surface area contributed by atoms with Crippen molar-refractivity contribution in [3.8, 4) is 17.2 Å². The average Bonchev–Trinajstić information content (AvgIpc) is 3.50. The lowest BCUT2D eigenvalue weighted by molar-refractivity contribution is 0.257. The predicted octanol–water partition coefficient (Wildman–Crippen LogP) is 4.73. The zero-order valence-electron chi connectivity index (χ0n) is 17.4. The molecule has 1 aliphatic rings. The Bertz CT molecular complexity index is 1150. The Balaban J connectivity index is 1.30. The molecule has 1 saturated heterocycles. The van der Waals surface area contributed by atoms with Crippen molar-refractivity contribution in [2.45, 2.75) is 38.9 Å². The average molecular weight is 402 g/mol. The van der Waals surface area contributed by atoms with E-state index in [2.05, 4.69) is 45.6 Å². The number of imidazole rings is 1. The summed E-state index contributed by atoms with van der Waals surface area (Å²) >= 11 is 0. The molecule has 154 valence electrons. The van der Waals surface area contributed by atoms with Crippen LogP contribution in [0.1, 0.15) is 31.0 Å². The highest BCUT2D eigenvalue weighted by Crippen LogP contribution is 2.24. The topological polar surface area (TPSA) is 56.3 Å². The summed E-state index contributed by atoms with van der Waals surface area (Å²) < 4.78 is 13.2. The number of likely N-dealkylation sites (tertiary alicyclic amines) is 1. The van der Waals surface area contributed by atoms with Gasteiger partial charge in [0, 0.05) is 30.8 Å². The van der Waals surface area contributed by atoms with Gasteiger partial charge < -0.3 is 13.7 Å². The van der Waals surface area contributed by atoms with Crippen molar-refractivity contribution >= 4 is 11.0 Å². The Morgan fingerprint density at radius 2 is 2.00 bits per heavy atom. The van der Waals surface area contributed by atoms with Crippen molar-refractivity contribution in [2.24, 2.45) is 0 Å². The number of oxazole rings is 1. The summed E-state index contributed by atoms with van der Waals surface area (Å²) in [5, 5.41) is 0. The minimum absolute atomic E-state index is 0.628. The number of ether oxygens (including phenoxy) is 1. The molecule has 3 heterocycles. The smallest absolute Gasteiger partial charge is 0.226 e. The standard InChI is InChI=1S/C24H26N4O2/c1-17-4-3-11-27(17)14-20-15-30-24(26-20)19-7-5-18(6-8-19)13-28-16-25-22-10-9-21(29-2)12-23(22)28/h5-10,12,15-17H,3-4,11,13-14H2,1-2H3/t17-/m0/s1. The molecule has 0 N–H and O–H groups in total. The zero-order valence-corrected chi connectivity index (χ0v) is 17.4. The van der Waals surface area contributed by atoms with Crippen LogP contribution in [0.2, 0.25) is 0 Å². The van der Waals surface area contributed by atoms with Crippen LogP contribution in [-0.2, 0) is 13.1 Å². The van der Waals surface area contributed by atoms with Gasteiger partial charge in [-0.1, -0.05) is 12.1 Å². The number of nitrogens with zero attached hydrogens (tertiary/aromatic N) is 4. The summed E-state index contributed by atoms with van der Waals surface area (Å²) in [5.41, 5.74) is 5.22. The van der Waals surface area contributed by atoms with Gasteiger partial charge in [0.25, 0.3) is 0 Å². The molecule has 0 radical (unpaired) electrons. The molecular formula is C24H26N4O2. The normalized spacial score (nSPS) is 17.1. The molecule has 5 rings (SSSR count). The second-order valence-electron chi connectivity index (χ2n) is 8.03. The zero-order chi connectivity index (χ0) is 20.5. The molecule has 1 aliphatic heterocycles. The van der Waals surface area contributed by atoms with Gasteiger partial charge in [0.2, 0.25) is 5.89 Å². The Labute approximate surface area is 176 Å². The summed E-state index contributed by atoms with van der Waals surface area (Å²) in [6.07, 6.45) is 6.20. The van der Waals surface area contributed by atoms with Crippen LogP contribution < -0.4 is 4.74 Å². The van der Waals surface area contributed by atoms with Gasteiger partial charge in [0.15, 0.2) is 0 Å². The number of aromatic nitrogens is 3.